The van der Waals surface area contributed by atoms with Gasteiger partial charge in [0.2, 0.25) is 0 Å². The summed E-state index contributed by atoms with van der Waals surface area (Å²) >= 11 is 0. The van der Waals surface area contributed by atoms with Crippen molar-refractivity contribution in [1.82, 2.24) is 0 Å². The van der Waals surface area contributed by atoms with Crippen LogP contribution >= 0.6 is 0 Å². The van der Waals surface area contributed by atoms with Crippen LogP contribution in [0.5, 0.6) is 0 Å². The third-order valence-corrected chi connectivity index (χ3v) is 3.11. The maximum atomic E-state index is 11.1. The van der Waals surface area contributed by atoms with Crippen molar-refractivity contribution in [3.8, 4) is 0 Å². The molecule has 1 aliphatic rings. The molecule has 0 saturated heterocycles. The van der Waals surface area contributed by atoms with E-state index in [9.17, 15) is 9.59 Å². The molecule has 4 nitrogen and oxygen atoms in total. The summed E-state index contributed by atoms with van der Waals surface area (Å²) in [6.07, 6.45) is 4.17. The molecule has 0 aliphatic heterocycles. The first-order valence-corrected chi connectivity index (χ1v) is 5.67. The van der Waals surface area contributed by atoms with Gasteiger partial charge in [-0.05, 0) is 36.5 Å². The van der Waals surface area contributed by atoms with Crippen molar-refractivity contribution in [3.63, 3.8) is 0 Å². The highest BCUT2D eigenvalue weighted by atomic mass is 16.4. The largest absolute Gasteiger partial charge is 0.478 e. The Morgan fingerprint density at radius 3 is 2.41 bits per heavy atom. The number of benzene rings is 1. The molecule has 0 unspecified atom stereocenters. The highest BCUT2D eigenvalue weighted by molar-refractivity contribution is 5.94. The highest BCUT2D eigenvalue weighted by Gasteiger charge is 2.22. The van der Waals surface area contributed by atoms with Crippen molar-refractivity contribution >= 4 is 11.9 Å². The van der Waals surface area contributed by atoms with Crippen LogP contribution in [0.25, 0.3) is 0 Å². The third kappa shape index (κ3) is 2.84. The normalized spacial score (nSPS) is 14.6. The van der Waals surface area contributed by atoms with E-state index in [0.29, 0.717) is 6.42 Å². The Bertz CT molecular complexity index is 460. The summed E-state index contributed by atoms with van der Waals surface area (Å²) in [7, 11) is 0. The van der Waals surface area contributed by atoms with Gasteiger partial charge in [-0.2, -0.15) is 0 Å². The SMILES string of the molecule is O=C(O)c1ccc(CCC2CC2)c(C(=O)O)c1. The second-order valence-corrected chi connectivity index (χ2v) is 4.46. The summed E-state index contributed by atoms with van der Waals surface area (Å²) in [5, 5.41) is 17.9. The number of aryl methyl sites for hydroxylation is 1. The molecule has 0 amide bonds. The molecule has 0 heterocycles. The van der Waals surface area contributed by atoms with Gasteiger partial charge in [-0.15, -0.1) is 0 Å². The number of carboxylic acids is 2. The average Bonchev–Trinajstić information content (AvgIpc) is 3.09. The molecule has 1 aliphatic carbocycles. The molecule has 0 spiro atoms. The van der Waals surface area contributed by atoms with E-state index < -0.39 is 11.9 Å². The van der Waals surface area contributed by atoms with E-state index in [0.717, 1.165) is 17.9 Å². The van der Waals surface area contributed by atoms with Gasteiger partial charge in [0.25, 0.3) is 0 Å². The van der Waals surface area contributed by atoms with Gasteiger partial charge in [0.05, 0.1) is 11.1 Å². The Kier molecular flexibility index (Phi) is 3.13. The van der Waals surface area contributed by atoms with Gasteiger partial charge in [0, 0.05) is 0 Å². The number of aromatic carboxylic acids is 2. The summed E-state index contributed by atoms with van der Waals surface area (Å²) in [6, 6.07) is 4.33. The lowest BCUT2D eigenvalue weighted by Crippen LogP contribution is -2.06. The molecule has 90 valence electrons. The van der Waals surface area contributed by atoms with Crippen molar-refractivity contribution in [1.29, 1.82) is 0 Å². The molecule has 0 radical (unpaired) electrons. The smallest absolute Gasteiger partial charge is 0.335 e. The Morgan fingerprint density at radius 2 is 1.88 bits per heavy atom. The van der Waals surface area contributed by atoms with Crippen LogP contribution in [0.3, 0.4) is 0 Å². The number of carboxylic acid groups (broad SMARTS) is 2. The summed E-state index contributed by atoms with van der Waals surface area (Å²) in [6.45, 7) is 0. The lowest BCUT2D eigenvalue weighted by atomic mass is 9.99. The number of carbonyl (C=O) groups is 2. The molecule has 4 heteroatoms. The summed E-state index contributed by atoms with van der Waals surface area (Å²) in [4.78, 5) is 21.8. The van der Waals surface area contributed by atoms with Crippen molar-refractivity contribution in [2.24, 2.45) is 5.92 Å². The van der Waals surface area contributed by atoms with Crippen LogP contribution < -0.4 is 0 Å². The number of rotatable bonds is 5. The fraction of sp³-hybridized carbons (Fsp3) is 0.385. The molecule has 1 fully saturated rings. The minimum Gasteiger partial charge on any atom is -0.478 e. The van der Waals surface area contributed by atoms with Gasteiger partial charge < -0.3 is 10.2 Å². The zero-order chi connectivity index (χ0) is 12.4. The molecule has 0 atom stereocenters. The Morgan fingerprint density at radius 1 is 1.18 bits per heavy atom. The molecule has 0 bridgehead atoms. The van der Waals surface area contributed by atoms with Gasteiger partial charge in [-0.3, -0.25) is 0 Å². The Hall–Kier alpha value is -1.84. The standard InChI is InChI=1S/C13H14O4/c14-12(15)10-6-5-9(4-3-8-1-2-8)11(7-10)13(16)17/h5-8H,1-4H2,(H,14,15)(H,16,17). The van der Waals surface area contributed by atoms with E-state index in [1.54, 1.807) is 6.07 Å². The molecule has 0 aromatic heterocycles. The van der Waals surface area contributed by atoms with E-state index >= 15 is 0 Å². The quantitative estimate of drug-likeness (QED) is 0.820. The topological polar surface area (TPSA) is 74.6 Å². The zero-order valence-corrected chi connectivity index (χ0v) is 9.35. The predicted molar refractivity (Wildman–Crippen MR) is 61.4 cm³/mol. The molecule has 2 N–H and O–H groups in total. The van der Waals surface area contributed by atoms with Crippen molar-refractivity contribution in [2.45, 2.75) is 25.7 Å². The summed E-state index contributed by atoms with van der Waals surface area (Å²) in [5.74, 6) is -1.42. The number of hydrogen-bond donors (Lipinski definition) is 2. The van der Waals surface area contributed by atoms with E-state index in [1.165, 1.54) is 25.0 Å². The van der Waals surface area contributed by atoms with Crippen LogP contribution in [0.2, 0.25) is 0 Å². The molecule has 1 aromatic rings. The summed E-state index contributed by atoms with van der Waals surface area (Å²) in [5.41, 5.74) is 0.873. The van der Waals surface area contributed by atoms with Crippen molar-refractivity contribution < 1.29 is 19.8 Å². The minimum atomic E-state index is -1.10. The van der Waals surface area contributed by atoms with Gasteiger partial charge in [0.15, 0.2) is 0 Å². The predicted octanol–water partition coefficient (Wildman–Crippen LogP) is 2.43. The first kappa shape index (κ1) is 11.6. The van der Waals surface area contributed by atoms with Crippen LogP contribution in [0.1, 0.15) is 45.5 Å². The van der Waals surface area contributed by atoms with E-state index in [-0.39, 0.29) is 11.1 Å². The van der Waals surface area contributed by atoms with Gasteiger partial charge >= 0.3 is 11.9 Å². The first-order valence-electron chi connectivity index (χ1n) is 5.67. The van der Waals surface area contributed by atoms with Crippen LogP contribution in [-0.4, -0.2) is 22.2 Å². The van der Waals surface area contributed by atoms with E-state index in [2.05, 4.69) is 0 Å². The van der Waals surface area contributed by atoms with Crippen LogP contribution in [0, 0.1) is 5.92 Å². The lowest BCUT2D eigenvalue weighted by molar-refractivity contribution is 0.0695. The van der Waals surface area contributed by atoms with Crippen LogP contribution in [-0.2, 0) is 6.42 Å². The Balaban J connectivity index is 2.23. The average molecular weight is 234 g/mol. The second kappa shape index (κ2) is 4.57. The van der Waals surface area contributed by atoms with Crippen molar-refractivity contribution in [3.05, 3.63) is 34.9 Å². The molecule has 1 saturated carbocycles. The van der Waals surface area contributed by atoms with Crippen LogP contribution in [0.4, 0.5) is 0 Å². The monoisotopic (exact) mass is 234 g/mol. The fourth-order valence-corrected chi connectivity index (χ4v) is 1.89. The second-order valence-electron chi connectivity index (χ2n) is 4.46. The van der Waals surface area contributed by atoms with Gasteiger partial charge in [-0.1, -0.05) is 18.9 Å². The molecule has 2 rings (SSSR count). The maximum absolute atomic E-state index is 11.1. The molecule has 1 aromatic carbocycles. The zero-order valence-electron chi connectivity index (χ0n) is 9.35. The third-order valence-electron chi connectivity index (χ3n) is 3.11. The fourth-order valence-electron chi connectivity index (χ4n) is 1.89. The van der Waals surface area contributed by atoms with Gasteiger partial charge in [0.1, 0.15) is 0 Å². The van der Waals surface area contributed by atoms with Gasteiger partial charge in [-0.25, -0.2) is 9.59 Å². The van der Waals surface area contributed by atoms with E-state index in [1.807, 2.05) is 0 Å². The summed E-state index contributed by atoms with van der Waals surface area (Å²) < 4.78 is 0. The maximum Gasteiger partial charge on any atom is 0.335 e. The van der Waals surface area contributed by atoms with Crippen LogP contribution in [0.15, 0.2) is 18.2 Å². The molecule has 17 heavy (non-hydrogen) atoms. The minimum absolute atomic E-state index is 0.0255. The highest BCUT2D eigenvalue weighted by Crippen LogP contribution is 2.33. The first-order chi connectivity index (χ1) is 8.08. The molecular formula is C13H14O4. The van der Waals surface area contributed by atoms with E-state index in [4.69, 9.17) is 10.2 Å². The Labute approximate surface area is 98.9 Å². The van der Waals surface area contributed by atoms with Crippen molar-refractivity contribution in [2.75, 3.05) is 0 Å². The molecular weight excluding hydrogens is 220 g/mol. The number of hydrogen-bond acceptors (Lipinski definition) is 2. The lowest BCUT2D eigenvalue weighted by Gasteiger charge is -2.06.